The molecule has 1 amide bonds. The molecule has 26 heavy (non-hydrogen) atoms. The van der Waals surface area contributed by atoms with Crippen LogP contribution in [0.15, 0.2) is 18.2 Å². The van der Waals surface area contributed by atoms with E-state index in [0.717, 1.165) is 17.7 Å². The number of nitrogens with zero attached hydrogens (tertiary/aromatic N) is 5. The quantitative estimate of drug-likeness (QED) is 0.766. The third kappa shape index (κ3) is 3.40. The molecule has 138 valence electrons. The fourth-order valence-electron chi connectivity index (χ4n) is 3.14. The Balaban J connectivity index is 1.44. The summed E-state index contributed by atoms with van der Waals surface area (Å²) in [4.78, 5) is 16.1. The first-order valence-electron chi connectivity index (χ1n) is 8.68. The summed E-state index contributed by atoms with van der Waals surface area (Å²) in [5.74, 6) is 1.35. The molecule has 0 bridgehead atoms. The predicted octanol–water partition coefficient (Wildman–Crippen LogP) is 0.468. The summed E-state index contributed by atoms with van der Waals surface area (Å²) in [6.45, 7) is 3.10. The highest BCUT2D eigenvalue weighted by Gasteiger charge is 2.29. The molecule has 1 saturated heterocycles. The first-order valence-corrected chi connectivity index (χ1v) is 8.68. The van der Waals surface area contributed by atoms with E-state index in [-0.39, 0.29) is 12.0 Å². The van der Waals surface area contributed by atoms with Gasteiger partial charge in [0.15, 0.2) is 0 Å². The number of hydrogen-bond donors (Lipinski definition) is 0. The second-order valence-electron chi connectivity index (χ2n) is 6.27. The molecular formula is C17H21N5O4. The number of fused-ring (bicyclic) bond motifs is 1. The SMILES string of the molecule is COCCn1nnc(C2CN(C(=O)c3ccc4c(c3)CCO4)CCO2)n1. The van der Waals surface area contributed by atoms with E-state index in [1.807, 2.05) is 18.2 Å². The van der Waals surface area contributed by atoms with Gasteiger partial charge in [0.1, 0.15) is 11.9 Å². The zero-order chi connectivity index (χ0) is 17.9. The topological polar surface area (TPSA) is 91.6 Å². The summed E-state index contributed by atoms with van der Waals surface area (Å²) in [7, 11) is 1.62. The smallest absolute Gasteiger partial charge is 0.254 e. The summed E-state index contributed by atoms with van der Waals surface area (Å²) in [6.07, 6.45) is 0.471. The molecule has 1 fully saturated rings. The Morgan fingerprint density at radius 2 is 2.31 bits per heavy atom. The number of benzene rings is 1. The van der Waals surface area contributed by atoms with Gasteiger partial charge in [0.25, 0.3) is 5.91 Å². The third-order valence-corrected chi connectivity index (χ3v) is 4.54. The van der Waals surface area contributed by atoms with Crippen molar-refractivity contribution in [1.82, 2.24) is 25.1 Å². The lowest BCUT2D eigenvalue weighted by Gasteiger charge is -2.31. The first-order chi connectivity index (χ1) is 12.7. The van der Waals surface area contributed by atoms with Crippen LogP contribution in [0, 0.1) is 0 Å². The lowest BCUT2D eigenvalue weighted by Crippen LogP contribution is -2.42. The number of tetrazole rings is 1. The zero-order valence-electron chi connectivity index (χ0n) is 14.6. The lowest BCUT2D eigenvalue weighted by atomic mass is 10.1. The Morgan fingerprint density at radius 3 is 3.19 bits per heavy atom. The molecule has 0 saturated carbocycles. The van der Waals surface area contributed by atoms with Crippen LogP contribution in [-0.4, -0.2) is 71.0 Å². The number of carbonyl (C=O) groups is 1. The molecule has 1 unspecified atom stereocenters. The molecule has 1 aromatic heterocycles. The van der Waals surface area contributed by atoms with Gasteiger partial charge in [-0.15, -0.1) is 10.2 Å². The van der Waals surface area contributed by atoms with Crippen LogP contribution in [0.1, 0.15) is 27.8 Å². The minimum atomic E-state index is -0.373. The number of carbonyl (C=O) groups excluding carboxylic acids is 1. The number of hydrogen-bond acceptors (Lipinski definition) is 7. The molecule has 3 heterocycles. The second kappa shape index (κ2) is 7.38. The number of rotatable bonds is 5. The van der Waals surface area contributed by atoms with Crippen LogP contribution in [0.25, 0.3) is 0 Å². The molecule has 2 aliphatic heterocycles. The van der Waals surface area contributed by atoms with Crippen molar-refractivity contribution in [2.75, 3.05) is 40.0 Å². The van der Waals surface area contributed by atoms with Crippen molar-refractivity contribution in [1.29, 1.82) is 0 Å². The lowest BCUT2D eigenvalue weighted by molar-refractivity contribution is -0.0269. The van der Waals surface area contributed by atoms with Crippen molar-refractivity contribution >= 4 is 5.91 Å². The average Bonchev–Trinajstić information content (AvgIpc) is 3.34. The van der Waals surface area contributed by atoms with Gasteiger partial charge in [-0.1, -0.05) is 0 Å². The predicted molar refractivity (Wildman–Crippen MR) is 89.9 cm³/mol. The number of ether oxygens (including phenoxy) is 3. The van der Waals surface area contributed by atoms with Gasteiger partial charge in [-0.3, -0.25) is 4.79 Å². The molecule has 0 aliphatic carbocycles. The van der Waals surface area contributed by atoms with Crippen LogP contribution in [0.4, 0.5) is 0 Å². The van der Waals surface area contributed by atoms with Gasteiger partial charge in [0.2, 0.25) is 5.82 Å². The van der Waals surface area contributed by atoms with Crippen molar-refractivity contribution in [2.24, 2.45) is 0 Å². The Labute approximate surface area is 150 Å². The van der Waals surface area contributed by atoms with Gasteiger partial charge < -0.3 is 19.1 Å². The normalized spacial score (nSPS) is 19.3. The van der Waals surface area contributed by atoms with E-state index in [1.54, 1.807) is 12.0 Å². The van der Waals surface area contributed by atoms with Crippen LogP contribution in [0.2, 0.25) is 0 Å². The standard InChI is InChI=1S/C17H21N5O4/c1-24-8-6-22-19-16(18-20-22)15-11-21(5-9-26-15)17(23)13-2-3-14-12(10-13)4-7-25-14/h2-3,10,15H,4-9,11H2,1H3. The molecule has 1 aromatic carbocycles. The number of methoxy groups -OCH3 is 1. The highest BCUT2D eigenvalue weighted by Crippen LogP contribution is 2.27. The molecule has 0 N–H and O–H groups in total. The third-order valence-electron chi connectivity index (χ3n) is 4.54. The fourth-order valence-corrected chi connectivity index (χ4v) is 3.14. The summed E-state index contributed by atoms with van der Waals surface area (Å²) in [5, 5.41) is 12.4. The van der Waals surface area contributed by atoms with Crippen LogP contribution in [0.5, 0.6) is 5.75 Å². The molecule has 0 radical (unpaired) electrons. The fraction of sp³-hybridized carbons (Fsp3) is 0.529. The summed E-state index contributed by atoms with van der Waals surface area (Å²) in [6, 6.07) is 5.61. The molecular weight excluding hydrogens is 338 g/mol. The van der Waals surface area contributed by atoms with Gasteiger partial charge in [-0.05, 0) is 29.0 Å². The monoisotopic (exact) mass is 359 g/mol. The Kier molecular flexibility index (Phi) is 4.81. The molecule has 9 heteroatoms. The Hall–Kier alpha value is -2.52. The minimum absolute atomic E-state index is 0.0141. The number of amides is 1. The van der Waals surface area contributed by atoms with E-state index in [4.69, 9.17) is 14.2 Å². The number of aromatic nitrogens is 4. The van der Waals surface area contributed by atoms with Crippen LogP contribution in [0.3, 0.4) is 0 Å². The van der Waals surface area contributed by atoms with Crippen molar-refractivity contribution < 1.29 is 19.0 Å². The van der Waals surface area contributed by atoms with Crippen molar-refractivity contribution in [3.63, 3.8) is 0 Å². The van der Waals surface area contributed by atoms with Crippen LogP contribution >= 0.6 is 0 Å². The van der Waals surface area contributed by atoms with E-state index in [2.05, 4.69) is 15.4 Å². The summed E-state index contributed by atoms with van der Waals surface area (Å²) >= 11 is 0. The average molecular weight is 359 g/mol. The van der Waals surface area contributed by atoms with Crippen LogP contribution in [-0.2, 0) is 22.4 Å². The maximum Gasteiger partial charge on any atom is 0.254 e. The molecule has 0 spiro atoms. The summed E-state index contributed by atoms with van der Waals surface area (Å²) < 4.78 is 16.3. The van der Waals surface area contributed by atoms with Gasteiger partial charge in [-0.2, -0.15) is 4.80 Å². The van der Waals surface area contributed by atoms with Crippen molar-refractivity contribution in [3.05, 3.63) is 35.2 Å². The van der Waals surface area contributed by atoms with E-state index in [9.17, 15) is 4.79 Å². The van der Waals surface area contributed by atoms with Gasteiger partial charge >= 0.3 is 0 Å². The Morgan fingerprint density at radius 1 is 1.38 bits per heavy atom. The Bertz CT molecular complexity index is 793. The number of morpholine rings is 1. The summed E-state index contributed by atoms with van der Waals surface area (Å²) in [5.41, 5.74) is 1.76. The first kappa shape index (κ1) is 16.9. The molecule has 2 aliphatic rings. The maximum atomic E-state index is 12.9. The van der Waals surface area contributed by atoms with Crippen LogP contribution < -0.4 is 4.74 Å². The van der Waals surface area contributed by atoms with Gasteiger partial charge in [0, 0.05) is 25.6 Å². The molecule has 1 atom stereocenters. The van der Waals surface area contributed by atoms with Crippen molar-refractivity contribution in [2.45, 2.75) is 19.1 Å². The largest absolute Gasteiger partial charge is 0.493 e. The molecule has 4 rings (SSSR count). The van der Waals surface area contributed by atoms with Gasteiger partial charge in [0.05, 0.1) is 32.9 Å². The maximum absolute atomic E-state index is 12.9. The minimum Gasteiger partial charge on any atom is -0.493 e. The van der Waals surface area contributed by atoms with E-state index in [0.29, 0.717) is 50.8 Å². The zero-order valence-corrected chi connectivity index (χ0v) is 14.6. The molecule has 2 aromatic rings. The second-order valence-corrected chi connectivity index (χ2v) is 6.27. The van der Waals surface area contributed by atoms with E-state index in [1.165, 1.54) is 4.80 Å². The highest BCUT2D eigenvalue weighted by atomic mass is 16.5. The van der Waals surface area contributed by atoms with E-state index < -0.39 is 0 Å². The van der Waals surface area contributed by atoms with Gasteiger partial charge in [-0.25, -0.2) is 0 Å². The molecule has 9 nitrogen and oxygen atoms in total. The van der Waals surface area contributed by atoms with E-state index >= 15 is 0 Å². The highest BCUT2D eigenvalue weighted by molar-refractivity contribution is 5.94. The van der Waals surface area contributed by atoms with Crippen molar-refractivity contribution in [3.8, 4) is 5.75 Å².